The summed E-state index contributed by atoms with van der Waals surface area (Å²) in [7, 11) is 0. The molecule has 0 amide bonds. The number of aryl methyl sites for hydroxylation is 1. The Morgan fingerprint density at radius 3 is 2.71 bits per heavy atom. The van der Waals surface area contributed by atoms with E-state index in [4.69, 9.17) is 18.0 Å². The third-order valence-corrected chi connectivity index (χ3v) is 3.79. The molecule has 1 aromatic heterocycles. The van der Waals surface area contributed by atoms with E-state index >= 15 is 0 Å². The molecule has 0 unspecified atom stereocenters. The molecule has 0 aliphatic heterocycles. The van der Waals surface area contributed by atoms with Crippen molar-refractivity contribution in [3.8, 4) is 0 Å². The van der Waals surface area contributed by atoms with Gasteiger partial charge in [-0.25, -0.2) is 9.97 Å². The zero-order chi connectivity index (χ0) is 13.1. The molecule has 1 aromatic rings. The second-order valence-corrected chi connectivity index (χ2v) is 6.35. The van der Waals surface area contributed by atoms with Gasteiger partial charge >= 0.3 is 0 Å². The number of thioether (sulfide) groups is 1. The molecule has 0 aliphatic rings. The zero-order valence-electron chi connectivity index (χ0n) is 10.6. The van der Waals surface area contributed by atoms with Crippen molar-refractivity contribution >= 4 is 34.9 Å². The highest BCUT2D eigenvalue weighted by atomic mass is 32.2. The second kappa shape index (κ2) is 5.64. The van der Waals surface area contributed by atoms with Gasteiger partial charge in [0.25, 0.3) is 0 Å². The highest BCUT2D eigenvalue weighted by Crippen LogP contribution is 2.21. The molecule has 0 aromatic carbocycles. The molecule has 0 atom stereocenters. The minimum Gasteiger partial charge on any atom is -0.388 e. The number of rotatable bonds is 5. The monoisotopic (exact) mass is 270 g/mol. The van der Waals surface area contributed by atoms with Crippen molar-refractivity contribution in [3.63, 3.8) is 0 Å². The average Bonchev–Trinajstić information content (AvgIpc) is 2.26. The molecular formula is C11H18N4S2. The maximum absolute atomic E-state index is 5.57. The van der Waals surface area contributed by atoms with Crippen molar-refractivity contribution in [2.75, 3.05) is 18.1 Å². The number of nitrogens with two attached hydrogens (primary N) is 1. The Hall–Kier alpha value is -0.880. The molecule has 17 heavy (non-hydrogen) atoms. The molecule has 1 heterocycles. The minimum absolute atomic E-state index is 0.135. The van der Waals surface area contributed by atoms with E-state index in [-0.39, 0.29) is 4.75 Å². The molecule has 4 nitrogen and oxygen atoms in total. The SMILES string of the molecule is CSC(C)(C)CNc1nc(C)cc(C(N)=S)n1. The van der Waals surface area contributed by atoms with Crippen molar-refractivity contribution in [1.29, 1.82) is 0 Å². The summed E-state index contributed by atoms with van der Waals surface area (Å²) >= 11 is 6.71. The summed E-state index contributed by atoms with van der Waals surface area (Å²) in [5.41, 5.74) is 7.03. The second-order valence-electron chi connectivity index (χ2n) is 4.40. The van der Waals surface area contributed by atoms with Gasteiger partial charge in [0.1, 0.15) is 10.7 Å². The zero-order valence-corrected chi connectivity index (χ0v) is 12.2. The van der Waals surface area contributed by atoms with Crippen LogP contribution >= 0.6 is 24.0 Å². The Morgan fingerprint density at radius 2 is 2.18 bits per heavy atom. The van der Waals surface area contributed by atoms with Gasteiger partial charge in [-0.2, -0.15) is 11.8 Å². The van der Waals surface area contributed by atoms with E-state index in [9.17, 15) is 0 Å². The van der Waals surface area contributed by atoms with Crippen LogP contribution in [-0.4, -0.2) is 32.5 Å². The van der Waals surface area contributed by atoms with Crippen LogP contribution in [0.4, 0.5) is 5.95 Å². The van der Waals surface area contributed by atoms with E-state index in [1.807, 2.05) is 6.92 Å². The van der Waals surface area contributed by atoms with Gasteiger partial charge in [-0.15, -0.1) is 0 Å². The molecule has 0 saturated carbocycles. The first-order valence-electron chi connectivity index (χ1n) is 5.28. The number of hydrogen-bond acceptors (Lipinski definition) is 5. The molecule has 94 valence electrons. The van der Waals surface area contributed by atoms with Gasteiger partial charge < -0.3 is 11.1 Å². The lowest BCUT2D eigenvalue weighted by molar-refractivity contribution is 0.746. The van der Waals surface area contributed by atoms with Crippen molar-refractivity contribution in [2.24, 2.45) is 5.73 Å². The largest absolute Gasteiger partial charge is 0.388 e. The maximum atomic E-state index is 5.57. The third kappa shape index (κ3) is 4.47. The third-order valence-electron chi connectivity index (χ3n) is 2.33. The van der Waals surface area contributed by atoms with Gasteiger partial charge in [-0.1, -0.05) is 12.2 Å². The maximum Gasteiger partial charge on any atom is 0.223 e. The van der Waals surface area contributed by atoms with Crippen LogP contribution < -0.4 is 11.1 Å². The van der Waals surface area contributed by atoms with Crippen LogP contribution in [-0.2, 0) is 0 Å². The summed E-state index contributed by atoms with van der Waals surface area (Å²) in [6, 6.07) is 1.78. The standard InChI is InChI=1S/C11H18N4S2/c1-7-5-8(9(12)16)15-10(14-7)13-6-11(2,3)17-4/h5H,6H2,1-4H3,(H2,12,16)(H,13,14,15). The Labute approximate surface area is 112 Å². The van der Waals surface area contributed by atoms with Crippen LogP contribution in [0.15, 0.2) is 6.07 Å². The number of anilines is 1. The number of nitrogens with zero attached hydrogens (tertiary/aromatic N) is 2. The van der Waals surface area contributed by atoms with Crippen LogP contribution in [0.3, 0.4) is 0 Å². The summed E-state index contributed by atoms with van der Waals surface area (Å²) in [5, 5.41) is 3.21. The van der Waals surface area contributed by atoms with Crippen molar-refractivity contribution in [3.05, 3.63) is 17.5 Å². The molecule has 0 aliphatic carbocycles. The van der Waals surface area contributed by atoms with Crippen LogP contribution in [0.5, 0.6) is 0 Å². The minimum atomic E-state index is 0.135. The molecule has 3 N–H and O–H groups in total. The number of nitrogens with one attached hydrogen (secondary N) is 1. The topological polar surface area (TPSA) is 63.8 Å². The molecule has 0 bridgehead atoms. The van der Waals surface area contributed by atoms with E-state index in [1.54, 1.807) is 17.8 Å². The van der Waals surface area contributed by atoms with Crippen LogP contribution in [0.1, 0.15) is 25.2 Å². The fourth-order valence-electron chi connectivity index (χ4n) is 1.14. The van der Waals surface area contributed by atoms with Crippen LogP contribution in [0.2, 0.25) is 0 Å². The smallest absolute Gasteiger partial charge is 0.223 e. The van der Waals surface area contributed by atoms with E-state index < -0.39 is 0 Å². The van der Waals surface area contributed by atoms with Gasteiger partial charge in [0, 0.05) is 17.0 Å². The first kappa shape index (κ1) is 14.2. The first-order chi connectivity index (χ1) is 7.84. The van der Waals surface area contributed by atoms with E-state index in [2.05, 4.69) is 35.4 Å². The van der Waals surface area contributed by atoms with Crippen molar-refractivity contribution < 1.29 is 0 Å². The molecule has 6 heteroatoms. The van der Waals surface area contributed by atoms with Crippen LogP contribution in [0.25, 0.3) is 0 Å². The number of hydrogen-bond donors (Lipinski definition) is 2. The molecule has 0 radical (unpaired) electrons. The summed E-state index contributed by atoms with van der Waals surface area (Å²) in [6.07, 6.45) is 2.08. The predicted octanol–water partition coefficient (Wildman–Crippen LogP) is 1.97. The molecule has 0 spiro atoms. The van der Waals surface area contributed by atoms with Crippen molar-refractivity contribution in [1.82, 2.24) is 9.97 Å². The van der Waals surface area contributed by atoms with Gasteiger partial charge in [0.05, 0.1) is 0 Å². The van der Waals surface area contributed by atoms with Gasteiger partial charge in [0.15, 0.2) is 0 Å². The Morgan fingerprint density at radius 1 is 1.53 bits per heavy atom. The highest BCUT2D eigenvalue weighted by Gasteiger charge is 2.16. The summed E-state index contributed by atoms with van der Waals surface area (Å²) in [4.78, 5) is 8.87. The van der Waals surface area contributed by atoms with Gasteiger partial charge in [0.2, 0.25) is 5.95 Å². The molecule has 1 rings (SSSR count). The molecular weight excluding hydrogens is 252 g/mol. The molecule has 0 fully saturated rings. The van der Waals surface area contributed by atoms with E-state index in [1.165, 1.54) is 0 Å². The van der Waals surface area contributed by atoms with Crippen LogP contribution in [0, 0.1) is 6.92 Å². The number of thiocarbonyl (C=S) groups is 1. The molecule has 0 saturated heterocycles. The number of aromatic nitrogens is 2. The Bertz CT molecular complexity index is 418. The summed E-state index contributed by atoms with van der Waals surface area (Å²) in [6.45, 7) is 7.01. The summed E-state index contributed by atoms with van der Waals surface area (Å²) < 4.78 is 0.135. The van der Waals surface area contributed by atoms with Gasteiger partial charge in [-0.3, -0.25) is 0 Å². The fraction of sp³-hybridized carbons (Fsp3) is 0.545. The quantitative estimate of drug-likeness (QED) is 0.798. The van der Waals surface area contributed by atoms with E-state index in [0.29, 0.717) is 16.6 Å². The Kier molecular flexibility index (Phi) is 4.70. The average molecular weight is 270 g/mol. The van der Waals surface area contributed by atoms with Gasteiger partial charge in [-0.05, 0) is 33.1 Å². The predicted molar refractivity (Wildman–Crippen MR) is 78.7 cm³/mol. The lowest BCUT2D eigenvalue weighted by Crippen LogP contribution is -2.27. The highest BCUT2D eigenvalue weighted by molar-refractivity contribution is 7.99. The van der Waals surface area contributed by atoms with Crippen molar-refractivity contribution in [2.45, 2.75) is 25.5 Å². The normalized spacial score (nSPS) is 11.3. The lowest BCUT2D eigenvalue weighted by atomic mass is 10.2. The first-order valence-corrected chi connectivity index (χ1v) is 6.92. The lowest BCUT2D eigenvalue weighted by Gasteiger charge is -2.22. The van der Waals surface area contributed by atoms with E-state index in [0.717, 1.165) is 12.2 Å². The fourth-order valence-corrected chi connectivity index (χ4v) is 1.46. The Balaban J connectivity index is 2.81. The summed E-state index contributed by atoms with van der Waals surface area (Å²) in [5.74, 6) is 0.579.